The number of hydrogen-bond donors (Lipinski definition) is 2. The number of methoxy groups -OCH3 is 1. The molecule has 136 valence electrons. The van der Waals surface area contributed by atoms with Crippen LogP contribution in [0.15, 0.2) is 73.1 Å². The maximum atomic E-state index is 12.4. The molecule has 6 heteroatoms. The number of carbonyl (C=O) groups excluding carboxylic acids is 2. The molecule has 0 aliphatic carbocycles. The Morgan fingerprint density at radius 2 is 1.70 bits per heavy atom. The number of aromatic nitrogens is 1. The van der Waals surface area contributed by atoms with Gasteiger partial charge in [-0.3, -0.25) is 14.6 Å². The predicted octanol–water partition coefficient (Wildman–Crippen LogP) is 3.27. The maximum absolute atomic E-state index is 12.4. The van der Waals surface area contributed by atoms with E-state index < -0.39 is 0 Å². The SMILES string of the molecule is COc1ccc(NC(=O)c2cccc(C(=O)NCc3cccnc3)c2)cc1. The number of hydrogen-bond acceptors (Lipinski definition) is 4. The van der Waals surface area contributed by atoms with Crippen LogP contribution in [0.1, 0.15) is 26.3 Å². The van der Waals surface area contributed by atoms with Crippen molar-refractivity contribution >= 4 is 17.5 Å². The third kappa shape index (κ3) is 4.92. The summed E-state index contributed by atoms with van der Waals surface area (Å²) in [5.41, 5.74) is 2.37. The molecule has 0 fully saturated rings. The number of anilines is 1. The third-order valence-corrected chi connectivity index (χ3v) is 3.91. The van der Waals surface area contributed by atoms with Crippen LogP contribution in [0.4, 0.5) is 5.69 Å². The standard InChI is InChI=1S/C21H19N3O3/c1-27-19-9-7-18(8-10-19)24-21(26)17-6-2-5-16(12-17)20(25)23-14-15-4-3-11-22-13-15/h2-13H,14H2,1H3,(H,23,25)(H,24,26). The molecule has 0 spiro atoms. The third-order valence-electron chi connectivity index (χ3n) is 3.91. The van der Waals surface area contributed by atoms with Crippen LogP contribution in [-0.4, -0.2) is 23.9 Å². The predicted molar refractivity (Wildman–Crippen MR) is 103 cm³/mol. The van der Waals surface area contributed by atoms with Crippen LogP contribution in [-0.2, 0) is 6.54 Å². The highest BCUT2D eigenvalue weighted by molar-refractivity contribution is 6.06. The molecular weight excluding hydrogens is 342 g/mol. The first-order valence-electron chi connectivity index (χ1n) is 8.38. The highest BCUT2D eigenvalue weighted by Gasteiger charge is 2.11. The first kappa shape index (κ1) is 18.1. The first-order valence-corrected chi connectivity index (χ1v) is 8.38. The first-order chi connectivity index (χ1) is 13.2. The van der Waals surface area contributed by atoms with Crippen molar-refractivity contribution in [2.45, 2.75) is 6.54 Å². The van der Waals surface area contributed by atoms with Crippen molar-refractivity contribution in [1.29, 1.82) is 0 Å². The average molecular weight is 361 g/mol. The maximum Gasteiger partial charge on any atom is 0.255 e. The summed E-state index contributed by atoms with van der Waals surface area (Å²) in [5.74, 6) is 0.167. The Hall–Kier alpha value is -3.67. The Morgan fingerprint density at radius 3 is 2.37 bits per heavy atom. The van der Waals surface area contributed by atoms with E-state index in [0.29, 0.717) is 29.1 Å². The molecule has 0 radical (unpaired) electrons. The Balaban J connectivity index is 1.64. The monoisotopic (exact) mass is 361 g/mol. The van der Waals surface area contributed by atoms with E-state index in [1.807, 2.05) is 12.1 Å². The Bertz CT molecular complexity index is 925. The molecule has 3 rings (SSSR count). The molecule has 2 N–H and O–H groups in total. The summed E-state index contributed by atoms with van der Waals surface area (Å²) in [5, 5.41) is 5.62. The van der Waals surface area contributed by atoms with E-state index in [4.69, 9.17) is 4.74 Å². The second-order valence-corrected chi connectivity index (χ2v) is 5.81. The highest BCUT2D eigenvalue weighted by Crippen LogP contribution is 2.16. The van der Waals surface area contributed by atoms with E-state index in [1.165, 1.54) is 0 Å². The lowest BCUT2D eigenvalue weighted by Gasteiger charge is -2.08. The van der Waals surface area contributed by atoms with Gasteiger partial charge in [-0.2, -0.15) is 0 Å². The zero-order valence-corrected chi connectivity index (χ0v) is 14.8. The average Bonchev–Trinajstić information content (AvgIpc) is 2.73. The van der Waals surface area contributed by atoms with E-state index in [1.54, 1.807) is 68.0 Å². The Morgan fingerprint density at radius 1 is 0.963 bits per heavy atom. The summed E-state index contributed by atoms with van der Waals surface area (Å²) in [7, 11) is 1.58. The van der Waals surface area contributed by atoms with E-state index in [9.17, 15) is 9.59 Å². The topological polar surface area (TPSA) is 80.3 Å². The molecule has 2 aromatic carbocycles. The van der Waals surface area contributed by atoms with Crippen molar-refractivity contribution in [3.05, 3.63) is 89.7 Å². The molecule has 3 aromatic rings. The van der Waals surface area contributed by atoms with Crippen molar-refractivity contribution in [2.24, 2.45) is 0 Å². The van der Waals surface area contributed by atoms with Gasteiger partial charge in [-0.1, -0.05) is 12.1 Å². The molecule has 1 heterocycles. The number of rotatable bonds is 6. The summed E-state index contributed by atoms with van der Waals surface area (Å²) < 4.78 is 5.09. The van der Waals surface area contributed by atoms with Crippen molar-refractivity contribution in [1.82, 2.24) is 10.3 Å². The van der Waals surface area contributed by atoms with Crippen LogP contribution in [0.25, 0.3) is 0 Å². The molecule has 0 aliphatic heterocycles. The normalized spacial score (nSPS) is 10.1. The van der Waals surface area contributed by atoms with E-state index in [-0.39, 0.29) is 11.8 Å². The van der Waals surface area contributed by atoms with Gasteiger partial charge in [-0.15, -0.1) is 0 Å². The van der Waals surface area contributed by atoms with Crippen LogP contribution >= 0.6 is 0 Å². The minimum absolute atomic E-state index is 0.252. The van der Waals surface area contributed by atoms with Crippen LogP contribution in [0, 0.1) is 0 Å². The van der Waals surface area contributed by atoms with Gasteiger partial charge in [0.1, 0.15) is 5.75 Å². The van der Waals surface area contributed by atoms with Crippen molar-refractivity contribution in [2.75, 3.05) is 12.4 Å². The zero-order valence-electron chi connectivity index (χ0n) is 14.8. The minimum atomic E-state index is -0.290. The van der Waals surface area contributed by atoms with Gasteiger partial charge in [0.25, 0.3) is 11.8 Å². The number of benzene rings is 2. The lowest BCUT2D eigenvalue weighted by Crippen LogP contribution is -2.23. The van der Waals surface area contributed by atoms with Gasteiger partial charge in [0, 0.05) is 35.8 Å². The van der Waals surface area contributed by atoms with E-state index in [0.717, 1.165) is 5.56 Å². The van der Waals surface area contributed by atoms with Crippen LogP contribution in [0.2, 0.25) is 0 Å². The lowest BCUT2D eigenvalue weighted by molar-refractivity contribution is 0.0951. The second kappa shape index (κ2) is 8.62. The molecule has 2 amide bonds. The van der Waals surface area contributed by atoms with Gasteiger partial charge < -0.3 is 15.4 Å². The summed E-state index contributed by atoms with van der Waals surface area (Å²) in [6.07, 6.45) is 3.37. The fraction of sp³-hybridized carbons (Fsp3) is 0.0952. The number of ether oxygens (including phenoxy) is 1. The molecule has 6 nitrogen and oxygen atoms in total. The summed E-state index contributed by atoms with van der Waals surface area (Å²) in [6.45, 7) is 0.370. The molecule has 0 saturated carbocycles. The van der Waals surface area contributed by atoms with Gasteiger partial charge in [0.05, 0.1) is 7.11 Å². The van der Waals surface area contributed by atoms with Gasteiger partial charge in [0.2, 0.25) is 0 Å². The number of amides is 2. The number of pyridine rings is 1. The number of carbonyl (C=O) groups is 2. The van der Waals surface area contributed by atoms with Gasteiger partial charge in [-0.25, -0.2) is 0 Å². The lowest BCUT2D eigenvalue weighted by atomic mass is 10.1. The molecule has 27 heavy (non-hydrogen) atoms. The quantitative estimate of drug-likeness (QED) is 0.706. The molecule has 0 unspecified atom stereocenters. The molecule has 0 bridgehead atoms. The van der Waals surface area contributed by atoms with Gasteiger partial charge in [0.15, 0.2) is 0 Å². The van der Waals surface area contributed by atoms with Crippen LogP contribution < -0.4 is 15.4 Å². The summed E-state index contributed by atoms with van der Waals surface area (Å²) in [6, 6.07) is 17.3. The van der Waals surface area contributed by atoms with Crippen LogP contribution in [0.5, 0.6) is 5.75 Å². The number of nitrogens with zero attached hydrogens (tertiary/aromatic N) is 1. The van der Waals surface area contributed by atoms with E-state index >= 15 is 0 Å². The summed E-state index contributed by atoms with van der Waals surface area (Å²) in [4.78, 5) is 28.8. The molecule has 1 aromatic heterocycles. The molecular formula is C21H19N3O3. The zero-order chi connectivity index (χ0) is 19.1. The largest absolute Gasteiger partial charge is 0.497 e. The summed E-state index contributed by atoms with van der Waals surface area (Å²) >= 11 is 0. The Labute approximate surface area is 157 Å². The Kier molecular flexibility index (Phi) is 5.79. The van der Waals surface area contributed by atoms with Gasteiger partial charge in [-0.05, 0) is 54.1 Å². The molecule has 0 saturated heterocycles. The fourth-order valence-electron chi connectivity index (χ4n) is 2.47. The smallest absolute Gasteiger partial charge is 0.255 e. The number of nitrogens with one attached hydrogen (secondary N) is 2. The highest BCUT2D eigenvalue weighted by atomic mass is 16.5. The molecule has 0 aliphatic rings. The fourth-order valence-corrected chi connectivity index (χ4v) is 2.47. The minimum Gasteiger partial charge on any atom is -0.497 e. The van der Waals surface area contributed by atoms with Crippen molar-refractivity contribution in [3.63, 3.8) is 0 Å². The molecule has 0 atom stereocenters. The van der Waals surface area contributed by atoms with Gasteiger partial charge >= 0.3 is 0 Å². The van der Waals surface area contributed by atoms with Crippen molar-refractivity contribution < 1.29 is 14.3 Å². The van der Waals surface area contributed by atoms with E-state index in [2.05, 4.69) is 15.6 Å². The van der Waals surface area contributed by atoms with Crippen LogP contribution in [0.3, 0.4) is 0 Å². The second-order valence-electron chi connectivity index (χ2n) is 5.81. The van der Waals surface area contributed by atoms with Crippen molar-refractivity contribution in [3.8, 4) is 5.75 Å².